The Hall–Kier alpha value is -2.53. The molecular formula is C21H23N3OS. The average Bonchev–Trinajstić information content (AvgIpc) is 3.11. The van der Waals surface area contributed by atoms with Gasteiger partial charge in [-0.05, 0) is 43.0 Å². The molecule has 0 saturated heterocycles. The highest BCUT2D eigenvalue weighted by atomic mass is 32.2. The zero-order valence-corrected chi connectivity index (χ0v) is 15.9. The minimum atomic E-state index is 0.0291. The third-order valence-corrected chi connectivity index (χ3v) is 5.11. The van der Waals surface area contributed by atoms with Crippen LogP contribution >= 0.6 is 11.8 Å². The quantitative estimate of drug-likeness (QED) is 0.645. The van der Waals surface area contributed by atoms with Gasteiger partial charge in [0.05, 0.1) is 11.4 Å². The molecule has 0 radical (unpaired) electrons. The second-order valence-corrected chi connectivity index (χ2v) is 7.19. The first-order chi connectivity index (χ1) is 12.6. The van der Waals surface area contributed by atoms with E-state index in [9.17, 15) is 4.79 Å². The summed E-state index contributed by atoms with van der Waals surface area (Å²) in [5.74, 6) is 0.387. The molecule has 5 heteroatoms. The zero-order valence-electron chi connectivity index (χ0n) is 15.1. The molecule has 0 aliphatic rings. The highest BCUT2D eigenvalue weighted by molar-refractivity contribution is 7.99. The van der Waals surface area contributed by atoms with Crippen molar-refractivity contribution in [2.24, 2.45) is 0 Å². The fourth-order valence-corrected chi connectivity index (χ4v) is 3.53. The van der Waals surface area contributed by atoms with Gasteiger partial charge in [0.15, 0.2) is 5.16 Å². The Labute approximate surface area is 158 Å². The van der Waals surface area contributed by atoms with Crippen molar-refractivity contribution in [2.45, 2.75) is 25.4 Å². The number of benzene rings is 2. The standard InChI is InChI=1S/C21H23N3OS/c1-16-8-9-17(2)19(14-16)24-13-12-23-21(24)26-15-20(25)22-11-10-18-6-4-3-5-7-18/h3-9,12-14H,10-11,15H2,1-2H3,(H,22,25). The maximum Gasteiger partial charge on any atom is 0.230 e. The molecule has 2 aromatic carbocycles. The molecular weight excluding hydrogens is 342 g/mol. The molecule has 0 spiro atoms. The number of nitrogens with zero attached hydrogens (tertiary/aromatic N) is 2. The van der Waals surface area contributed by atoms with Gasteiger partial charge in [0, 0.05) is 18.9 Å². The fraction of sp³-hybridized carbons (Fsp3) is 0.238. The molecule has 3 rings (SSSR count). The Morgan fingerprint density at radius 1 is 1.15 bits per heavy atom. The van der Waals surface area contributed by atoms with Crippen molar-refractivity contribution in [2.75, 3.05) is 12.3 Å². The van der Waals surface area contributed by atoms with Gasteiger partial charge in [-0.1, -0.05) is 54.2 Å². The Balaban J connectivity index is 1.55. The maximum atomic E-state index is 12.1. The lowest BCUT2D eigenvalue weighted by Crippen LogP contribution is -2.27. The van der Waals surface area contributed by atoms with E-state index in [1.54, 1.807) is 6.20 Å². The maximum absolute atomic E-state index is 12.1. The van der Waals surface area contributed by atoms with E-state index in [4.69, 9.17) is 0 Å². The van der Waals surface area contributed by atoms with Crippen LogP contribution in [-0.4, -0.2) is 27.8 Å². The average molecular weight is 366 g/mol. The summed E-state index contributed by atoms with van der Waals surface area (Å²) in [4.78, 5) is 16.5. The molecule has 0 unspecified atom stereocenters. The number of aryl methyl sites for hydroxylation is 2. The van der Waals surface area contributed by atoms with Crippen molar-refractivity contribution in [1.29, 1.82) is 0 Å². The number of amides is 1. The van der Waals surface area contributed by atoms with Crippen LogP contribution < -0.4 is 5.32 Å². The minimum Gasteiger partial charge on any atom is -0.355 e. The second kappa shape index (κ2) is 8.72. The predicted molar refractivity (Wildman–Crippen MR) is 107 cm³/mol. The molecule has 0 bridgehead atoms. The molecule has 0 fully saturated rings. The number of imidazole rings is 1. The van der Waals surface area contributed by atoms with E-state index in [0.29, 0.717) is 12.3 Å². The molecule has 1 amide bonds. The molecule has 1 aromatic heterocycles. The molecule has 1 N–H and O–H groups in total. The van der Waals surface area contributed by atoms with Gasteiger partial charge < -0.3 is 5.32 Å². The van der Waals surface area contributed by atoms with Crippen LogP contribution in [0.5, 0.6) is 0 Å². The number of rotatable bonds is 7. The van der Waals surface area contributed by atoms with Gasteiger partial charge in [-0.15, -0.1) is 0 Å². The Morgan fingerprint density at radius 2 is 1.96 bits per heavy atom. The first-order valence-electron chi connectivity index (χ1n) is 8.68. The Bertz CT molecular complexity index is 874. The lowest BCUT2D eigenvalue weighted by Gasteiger charge is -2.11. The molecule has 26 heavy (non-hydrogen) atoms. The lowest BCUT2D eigenvalue weighted by molar-refractivity contribution is -0.118. The number of carbonyl (C=O) groups is 1. The SMILES string of the molecule is Cc1ccc(C)c(-n2ccnc2SCC(=O)NCCc2ccccc2)c1. The summed E-state index contributed by atoms with van der Waals surface area (Å²) in [6.07, 6.45) is 4.56. The highest BCUT2D eigenvalue weighted by Crippen LogP contribution is 2.23. The largest absolute Gasteiger partial charge is 0.355 e. The van der Waals surface area contributed by atoms with Crippen molar-refractivity contribution in [1.82, 2.24) is 14.9 Å². The van der Waals surface area contributed by atoms with E-state index in [-0.39, 0.29) is 5.91 Å². The van der Waals surface area contributed by atoms with E-state index in [1.165, 1.54) is 28.5 Å². The van der Waals surface area contributed by atoms with Crippen molar-refractivity contribution in [3.63, 3.8) is 0 Å². The Kier molecular flexibility index (Phi) is 6.12. The van der Waals surface area contributed by atoms with Gasteiger partial charge in [0.2, 0.25) is 5.91 Å². The summed E-state index contributed by atoms with van der Waals surface area (Å²) in [6.45, 7) is 4.81. The van der Waals surface area contributed by atoms with Gasteiger partial charge in [-0.2, -0.15) is 0 Å². The van der Waals surface area contributed by atoms with Gasteiger partial charge in [0.1, 0.15) is 0 Å². The first kappa shape index (κ1) is 18.3. The second-order valence-electron chi connectivity index (χ2n) is 6.24. The molecule has 0 saturated carbocycles. The van der Waals surface area contributed by atoms with Crippen LogP contribution in [0.25, 0.3) is 5.69 Å². The van der Waals surface area contributed by atoms with Crippen LogP contribution in [0.4, 0.5) is 0 Å². The Morgan fingerprint density at radius 3 is 2.77 bits per heavy atom. The van der Waals surface area contributed by atoms with Gasteiger partial charge in [0.25, 0.3) is 0 Å². The van der Waals surface area contributed by atoms with Crippen LogP contribution in [0, 0.1) is 13.8 Å². The van der Waals surface area contributed by atoms with E-state index in [1.807, 2.05) is 29.0 Å². The van der Waals surface area contributed by atoms with E-state index < -0.39 is 0 Å². The number of carbonyl (C=O) groups excluding carboxylic acids is 1. The zero-order chi connectivity index (χ0) is 18.4. The van der Waals surface area contributed by atoms with E-state index >= 15 is 0 Å². The van der Waals surface area contributed by atoms with Gasteiger partial charge in [-0.3, -0.25) is 9.36 Å². The van der Waals surface area contributed by atoms with Crippen molar-refractivity contribution < 1.29 is 4.79 Å². The molecule has 3 aromatic rings. The molecule has 0 atom stereocenters. The third kappa shape index (κ3) is 4.76. The first-order valence-corrected chi connectivity index (χ1v) is 9.66. The van der Waals surface area contributed by atoms with E-state index in [0.717, 1.165) is 17.3 Å². The minimum absolute atomic E-state index is 0.0291. The molecule has 0 aliphatic carbocycles. The number of thioether (sulfide) groups is 1. The summed E-state index contributed by atoms with van der Waals surface area (Å²) in [7, 11) is 0. The molecule has 1 heterocycles. The van der Waals surface area contributed by atoms with E-state index in [2.05, 4.69) is 54.5 Å². The van der Waals surface area contributed by atoms with Crippen LogP contribution in [0.15, 0.2) is 66.1 Å². The molecule has 0 aliphatic heterocycles. The summed E-state index contributed by atoms with van der Waals surface area (Å²) in [5, 5.41) is 3.81. The monoisotopic (exact) mass is 365 g/mol. The van der Waals surface area contributed by atoms with Crippen LogP contribution in [0.1, 0.15) is 16.7 Å². The van der Waals surface area contributed by atoms with Gasteiger partial charge in [-0.25, -0.2) is 4.98 Å². The van der Waals surface area contributed by atoms with Crippen molar-refractivity contribution >= 4 is 17.7 Å². The lowest BCUT2D eigenvalue weighted by atomic mass is 10.1. The van der Waals surface area contributed by atoms with Crippen LogP contribution in [-0.2, 0) is 11.2 Å². The third-order valence-electron chi connectivity index (χ3n) is 4.14. The van der Waals surface area contributed by atoms with Crippen LogP contribution in [0.3, 0.4) is 0 Å². The smallest absolute Gasteiger partial charge is 0.230 e. The molecule has 4 nitrogen and oxygen atoms in total. The molecule has 134 valence electrons. The van der Waals surface area contributed by atoms with Crippen molar-refractivity contribution in [3.05, 3.63) is 77.6 Å². The summed E-state index contributed by atoms with van der Waals surface area (Å²) in [6, 6.07) is 16.5. The number of hydrogen-bond donors (Lipinski definition) is 1. The number of nitrogens with one attached hydrogen (secondary N) is 1. The topological polar surface area (TPSA) is 46.9 Å². The van der Waals surface area contributed by atoms with Crippen molar-refractivity contribution in [3.8, 4) is 5.69 Å². The number of hydrogen-bond acceptors (Lipinski definition) is 3. The van der Waals surface area contributed by atoms with Crippen LogP contribution in [0.2, 0.25) is 0 Å². The predicted octanol–water partition coefficient (Wildman–Crippen LogP) is 3.94. The number of aromatic nitrogens is 2. The summed E-state index contributed by atoms with van der Waals surface area (Å²) < 4.78 is 2.05. The highest BCUT2D eigenvalue weighted by Gasteiger charge is 2.10. The van der Waals surface area contributed by atoms with Gasteiger partial charge >= 0.3 is 0 Å². The fourth-order valence-electron chi connectivity index (χ4n) is 2.73. The normalized spacial score (nSPS) is 10.7. The summed E-state index contributed by atoms with van der Waals surface area (Å²) >= 11 is 1.46. The summed E-state index contributed by atoms with van der Waals surface area (Å²) in [5.41, 5.74) is 4.72.